The van der Waals surface area contributed by atoms with Crippen molar-refractivity contribution < 1.29 is 14.3 Å². The molecule has 0 fully saturated rings. The van der Waals surface area contributed by atoms with Gasteiger partial charge in [-0.15, -0.1) is 0 Å². The van der Waals surface area contributed by atoms with Crippen LogP contribution in [0.1, 0.15) is 12.5 Å². The molecule has 0 aliphatic carbocycles. The molecule has 0 atom stereocenters. The second-order valence-corrected chi connectivity index (χ2v) is 6.99. The molecule has 1 aliphatic heterocycles. The van der Waals surface area contributed by atoms with E-state index in [0.29, 0.717) is 16.4 Å². The highest BCUT2D eigenvalue weighted by molar-refractivity contribution is 7.16. The number of rotatable bonds is 3. The van der Waals surface area contributed by atoms with Gasteiger partial charge < -0.3 is 14.0 Å². The Bertz CT molecular complexity index is 1040. The Labute approximate surface area is 153 Å². The van der Waals surface area contributed by atoms with Crippen molar-refractivity contribution in [3.8, 4) is 11.5 Å². The summed E-state index contributed by atoms with van der Waals surface area (Å²) in [5.74, 6) is 1.23. The van der Waals surface area contributed by atoms with Crippen LogP contribution in [0, 0.1) is 0 Å². The van der Waals surface area contributed by atoms with E-state index in [0.717, 1.165) is 27.3 Å². The van der Waals surface area contributed by atoms with E-state index in [4.69, 9.17) is 21.1 Å². The molecule has 3 aromatic rings. The minimum atomic E-state index is -0.220. The molecule has 5 nitrogen and oxygen atoms in total. The summed E-state index contributed by atoms with van der Waals surface area (Å²) in [5.41, 5.74) is 1.77. The zero-order valence-electron chi connectivity index (χ0n) is 13.5. The predicted octanol–water partition coefficient (Wildman–Crippen LogP) is 3.77. The van der Waals surface area contributed by atoms with Crippen molar-refractivity contribution in [1.29, 1.82) is 0 Å². The molecule has 2 heterocycles. The predicted molar refractivity (Wildman–Crippen MR) is 97.3 cm³/mol. The fourth-order valence-electron chi connectivity index (χ4n) is 2.80. The minimum absolute atomic E-state index is 0.181. The Morgan fingerprint density at radius 2 is 2.04 bits per heavy atom. The van der Waals surface area contributed by atoms with Crippen LogP contribution in [-0.4, -0.2) is 17.3 Å². The summed E-state index contributed by atoms with van der Waals surface area (Å²) in [6.45, 7) is 2.97. The van der Waals surface area contributed by atoms with Crippen molar-refractivity contribution in [2.45, 2.75) is 19.9 Å². The molecule has 4 rings (SSSR count). The molecule has 0 saturated heterocycles. The number of nitrogens with zero attached hydrogens (tertiary/aromatic N) is 2. The monoisotopic (exact) mass is 374 g/mol. The van der Waals surface area contributed by atoms with Crippen LogP contribution in [0.15, 0.2) is 41.4 Å². The van der Waals surface area contributed by atoms with Crippen LogP contribution >= 0.6 is 22.9 Å². The van der Waals surface area contributed by atoms with Crippen molar-refractivity contribution in [2.24, 2.45) is 4.99 Å². The number of hydrogen-bond acceptors (Lipinski definition) is 4. The third kappa shape index (κ3) is 3.03. The first kappa shape index (κ1) is 16.2. The smallest absolute Gasteiger partial charge is 0.252 e. The number of amides is 1. The Kier molecular flexibility index (Phi) is 4.23. The first-order valence-corrected chi connectivity index (χ1v) is 9.09. The van der Waals surface area contributed by atoms with E-state index in [-0.39, 0.29) is 19.1 Å². The van der Waals surface area contributed by atoms with Crippen LogP contribution in [0.2, 0.25) is 5.02 Å². The Morgan fingerprint density at radius 1 is 1.28 bits per heavy atom. The topological polar surface area (TPSA) is 52.8 Å². The third-order valence-electron chi connectivity index (χ3n) is 4.01. The molecule has 0 N–H and O–H groups in total. The summed E-state index contributed by atoms with van der Waals surface area (Å²) in [6.07, 6.45) is 0.181. The second kappa shape index (κ2) is 6.54. The quantitative estimate of drug-likeness (QED) is 0.701. The van der Waals surface area contributed by atoms with Gasteiger partial charge in [0.2, 0.25) is 6.79 Å². The van der Waals surface area contributed by atoms with Crippen molar-refractivity contribution in [1.82, 2.24) is 4.57 Å². The molecular weight excluding hydrogens is 360 g/mol. The number of aromatic nitrogens is 1. The number of halogens is 1. The first-order chi connectivity index (χ1) is 12.2. The first-order valence-electron chi connectivity index (χ1n) is 7.89. The number of fused-ring (bicyclic) bond motifs is 2. The fourth-order valence-corrected chi connectivity index (χ4v) is 4.13. The summed E-state index contributed by atoms with van der Waals surface area (Å²) in [6, 6.07) is 11.2. The molecule has 0 unspecified atom stereocenters. The fraction of sp³-hybridized carbons (Fsp3) is 0.222. The summed E-state index contributed by atoms with van der Waals surface area (Å²) in [7, 11) is 0. The van der Waals surface area contributed by atoms with Gasteiger partial charge in [0.15, 0.2) is 16.3 Å². The van der Waals surface area contributed by atoms with Crippen molar-refractivity contribution in [3.63, 3.8) is 0 Å². The van der Waals surface area contributed by atoms with E-state index in [2.05, 4.69) is 4.99 Å². The number of carbonyl (C=O) groups is 1. The highest BCUT2D eigenvalue weighted by atomic mass is 35.5. The second-order valence-electron chi connectivity index (χ2n) is 5.58. The van der Waals surface area contributed by atoms with Crippen LogP contribution < -0.4 is 14.3 Å². The average Bonchev–Trinajstić information content (AvgIpc) is 3.17. The van der Waals surface area contributed by atoms with Gasteiger partial charge in [0.05, 0.1) is 16.6 Å². The lowest BCUT2D eigenvalue weighted by Gasteiger charge is -2.02. The number of benzene rings is 2. The van der Waals surface area contributed by atoms with Gasteiger partial charge in [-0.3, -0.25) is 4.79 Å². The standard InChI is InChI=1S/C18H15ClN2O3S/c1-2-21-13-8-14-15(24-10-23-14)9-16(13)25-18(21)20-17(22)7-11-5-3-4-6-12(11)19/h3-6,8-9H,2,7,10H2,1H3. The number of thiazole rings is 1. The maximum Gasteiger partial charge on any atom is 0.252 e. The van der Waals surface area contributed by atoms with Crippen molar-refractivity contribution >= 4 is 39.1 Å². The minimum Gasteiger partial charge on any atom is -0.454 e. The Morgan fingerprint density at radius 3 is 2.80 bits per heavy atom. The highest BCUT2D eigenvalue weighted by Gasteiger charge is 2.17. The van der Waals surface area contributed by atoms with E-state index >= 15 is 0 Å². The molecule has 1 aliphatic rings. The lowest BCUT2D eigenvalue weighted by Crippen LogP contribution is -2.16. The van der Waals surface area contributed by atoms with Gasteiger partial charge >= 0.3 is 0 Å². The molecular formula is C18H15ClN2O3S. The van der Waals surface area contributed by atoms with E-state index in [1.54, 1.807) is 6.07 Å². The summed E-state index contributed by atoms with van der Waals surface area (Å²) in [5, 5.41) is 0.580. The lowest BCUT2D eigenvalue weighted by molar-refractivity contribution is -0.117. The third-order valence-corrected chi connectivity index (χ3v) is 5.42. The van der Waals surface area contributed by atoms with Crippen molar-refractivity contribution in [2.75, 3.05) is 6.79 Å². The van der Waals surface area contributed by atoms with Gasteiger partial charge in [0, 0.05) is 23.7 Å². The maximum absolute atomic E-state index is 12.4. The Balaban J connectivity index is 1.74. The van der Waals surface area contributed by atoms with Gasteiger partial charge in [-0.25, -0.2) is 0 Å². The van der Waals surface area contributed by atoms with Gasteiger partial charge in [-0.1, -0.05) is 41.1 Å². The molecule has 1 amide bonds. The Hall–Kier alpha value is -2.31. The zero-order chi connectivity index (χ0) is 17.4. The maximum atomic E-state index is 12.4. The van der Waals surface area contributed by atoms with Crippen LogP contribution in [0.5, 0.6) is 11.5 Å². The molecule has 0 radical (unpaired) electrons. The summed E-state index contributed by atoms with van der Waals surface area (Å²) < 4.78 is 13.9. The van der Waals surface area contributed by atoms with E-state index in [9.17, 15) is 4.79 Å². The summed E-state index contributed by atoms with van der Waals surface area (Å²) in [4.78, 5) is 17.4. The lowest BCUT2D eigenvalue weighted by atomic mass is 10.1. The molecule has 0 bridgehead atoms. The van der Waals surface area contributed by atoms with Crippen LogP contribution in [-0.2, 0) is 17.8 Å². The molecule has 25 heavy (non-hydrogen) atoms. The van der Waals surface area contributed by atoms with Crippen LogP contribution in [0.25, 0.3) is 10.2 Å². The van der Waals surface area contributed by atoms with Gasteiger partial charge in [-0.05, 0) is 18.6 Å². The van der Waals surface area contributed by atoms with Crippen molar-refractivity contribution in [3.05, 3.63) is 51.8 Å². The van der Waals surface area contributed by atoms with Gasteiger partial charge in [0.1, 0.15) is 0 Å². The molecule has 1 aromatic heterocycles. The highest BCUT2D eigenvalue weighted by Crippen LogP contribution is 2.36. The molecule has 128 valence electrons. The average molecular weight is 375 g/mol. The number of ether oxygens (including phenoxy) is 2. The number of carbonyl (C=O) groups excluding carboxylic acids is 1. The zero-order valence-corrected chi connectivity index (χ0v) is 15.1. The molecule has 7 heteroatoms. The SMILES string of the molecule is CCn1c(=NC(=O)Cc2ccccc2Cl)sc2cc3c(cc21)OCO3. The van der Waals surface area contributed by atoms with E-state index < -0.39 is 0 Å². The summed E-state index contributed by atoms with van der Waals surface area (Å²) >= 11 is 7.59. The van der Waals surface area contributed by atoms with Crippen LogP contribution in [0.4, 0.5) is 0 Å². The molecule has 2 aromatic carbocycles. The van der Waals surface area contributed by atoms with E-state index in [1.165, 1.54) is 11.3 Å². The number of aryl methyl sites for hydroxylation is 1. The molecule has 0 saturated carbocycles. The molecule has 0 spiro atoms. The van der Waals surface area contributed by atoms with Gasteiger partial charge in [0.25, 0.3) is 5.91 Å². The normalized spacial score (nSPS) is 13.6. The van der Waals surface area contributed by atoms with Crippen LogP contribution in [0.3, 0.4) is 0 Å². The van der Waals surface area contributed by atoms with E-state index in [1.807, 2.05) is 41.8 Å². The largest absolute Gasteiger partial charge is 0.454 e. The van der Waals surface area contributed by atoms with Gasteiger partial charge in [-0.2, -0.15) is 4.99 Å². The number of hydrogen-bond donors (Lipinski definition) is 0.